The number of carbonyl (C=O) groups excluding carboxylic acids is 2. The van der Waals surface area contributed by atoms with Gasteiger partial charge in [0.05, 0.1) is 5.92 Å². The lowest BCUT2D eigenvalue weighted by atomic mass is 9.90. The van der Waals surface area contributed by atoms with Crippen molar-refractivity contribution in [3.05, 3.63) is 29.3 Å². The fraction of sp³-hybridized carbons (Fsp3) is 0.529. The maximum absolute atomic E-state index is 12.8. The predicted molar refractivity (Wildman–Crippen MR) is 82.7 cm³/mol. The Balaban J connectivity index is 1.74. The van der Waals surface area contributed by atoms with Gasteiger partial charge in [0.1, 0.15) is 0 Å². The van der Waals surface area contributed by atoms with Crippen LogP contribution in [0.5, 0.6) is 0 Å². The van der Waals surface area contributed by atoms with E-state index < -0.39 is 18.1 Å². The summed E-state index contributed by atoms with van der Waals surface area (Å²) in [5, 5.41) is 2.75. The Hall–Kier alpha value is -2.05. The number of carbonyl (C=O) groups is 2. The third-order valence-corrected chi connectivity index (χ3v) is 4.85. The second-order valence-corrected chi connectivity index (χ2v) is 6.53. The van der Waals surface area contributed by atoms with Gasteiger partial charge in [-0.3, -0.25) is 9.59 Å². The summed E-state index contributed by atoms with van der Waals surface area (Å²) in [5.41, 5.74) is 2.05. The van der Waals surface area contributed by atoms with Crippen molar-refractivity contribution < 1.29 is 22.8 Å². The molecular weight excluding hydrogens is 321 g/mol. The summed E-state index contributed by atoms with van der Waals surface area (Å²) < 4.78 is 38.5. The lowest BCUT2D eigenvalue weighted by Gasteiger charge is -2.38. The van der Waals surface area contributed by atoms with Gasteiger partial charge in [0.2, 0.25) is 5.91 Å². The van der Waals surface area contributed by atoms with Crippen LogP contribution in [-0.4, -0.2) is 35.5 Å². The molecule has 2 heterocycles. The number of halogens is 3. The molecule has 0 radical (unpaired) electrons. The highest BCUT2D eigenvalue weighted by molar-refractivity contribution is 5.98. The Bertz CT molecular complexity index is 672. The average molecular weight is 340 g/mol. The standard InChI is InChI=1S/C17H19F3N2O2/c1-10-8-13(17(18,19)20)6-7-22(10)16(24)12-2-4-14-11(9-12)3-5-15(23)21-14/h2,4,9-10,13H,3,5-8H2,1H3,(H,21,23). The molecule has 7 heteroatoms. The summed E-state index contributed by atoms with van der Waals surface area (Å²) in [6, 6.07) is 4.59. The van der Waals surface area contributed by atoms with Crippen LogP contribution in [0.2, 0.25) is 0 Å². The molecule has 0 saturated carbocycles. The van der Waals surface area contributed by atoms with Crippen LogP contribution in [0.1, 0.15) is 42.1 Å². The summed E-state index contributed by atoms with van der Waals surface area (Å²) in [4.78, 5) is 25.6. The third-order valence-electron chi connectivity index (χ3n) is 4.85. The normalized spacial score (nSPS) is 24.3. The van der Waals surface area contributed by atoms with Crippen LogP contribution >= 0.6 is 0 Å². The van der Waals surface area contributed by atoms with E-state index in [0.29, 0.717) is 24.1 Å². The van der Waals surface area contributed by atoms with Crippen molar-refractivity contribution in [1.29, 1.82) is 0 Å². The SMILES string of the molecule is CC1CC(C(F)(F)F)CCN1C(=O)c1ccc2c(c1)CCC(=O)N2. The van der Waals surface area contributed by atoms with Crippen LogP contribution in [0, 0.1) is 5.92 Å². The first-order chi connectivity index (χ1) is 11.3. The maximum Gasteiger partial charge on any atom is 0.391 e. The van der Waals surface area contributed by atoms with Gasteiger partial charge in [-0.2, -0.15) is 13.2 Å². The zero-order valence-electron chi connectivity index (χ0n) is 13.3. The number of amides is 2. The molecule has 1 saturated heterocycles. The number of fused-ring (bicyclic) bond motifs is 1. The van der Waals surface area contributed by atoms with Crippen molar-refractivity contribution in [2.75, 3.05) is 11.9 Å². The molecule has 24 heavy (non-hydrogen) atoms. The molecule has 3 rings (SSSR count). The number of hydrogen-bond acceptors (Lipinski definition) is 2. The van der Waals surface area contributed by atoms with E-state index in [1.165, 1.54) is 4.90 Å². The zero-order chi connectivity index (χ0) is 17.5. The third kappa shape index (κ3) is 3.25. The van der Waals surface area contributed by atoms with E-state index in [2.05, 4.69) is 5.32 Å². The van der Waals surface area contributed by atoms with Crippen molar-refractivity contribution in [3.63, 3.8) is 0 Å². The molecule has 2 aliphatic rings. The number of piperidine rings is 1. The fourth-order valence-electron chi connectivity index (χ4n) is 3.45. The first kappa shape index (κ1) is 16.8. The van der Waals surface area contributed by atoms with E-state index in [4.69, 9.17) is 0 Å². The molecule has 130 valence electrons. The van der Waals surface area contributed by atoms with E-state index in [9.17, 15) is 22.8 Å². The molecule has 2 unspecified atom stereocenters. The summed E-state index contributed by atoms with van der Waals surface area (Å²) in [7, 11) is 0. The van der Waals surface area contributed by atoms with E-state index in [-0.39, 0.29) is 31.2 Å². The van der Waals surface area contributed by atoms with Gasteiger partial charge >= 0.3 is 6.18 Å². The van der Waals surface area contributed by atoms with Crippen molar-refractivity contribution in [3.8, 4) is 0 Å². The maximum atomic E-state index is 12.8. The number of aryl methyl sites for hydroxylation is 1. The quantitative estimate of drug-likeness (QED) is 0.852. The van der Waals surface area contributed by atoms with Crippen LogP contribution in [-0.2, 0) is 11.2 Å². The number of anilines is 1. The molecule has 0 bridgehead atoms. The lowest BCUT2D eigenvalue weighted by molar-refractivity contribution is -0.187. The molecule has 1 fully saturated rings. The number of nitrogens with zero attached hydrogens (tertiary/aromatic N) is 1. The van der Waals surface area contributed by atoms with Crippen molar-refractivity contribution in [2.45, 2.75) is 44.8 Å². The Kier molecular flexibility index (Phi) is 4.27. The van der Waals surface area contributed by atoms with Crippen molar-refractivity contribution >= 4 is 17.5 Å². The average Bonchev–Trinajstić information content (AvgIpc) is 2.52. The highest BCUT2D eigenvalue weighted by atomic mass is 19.4. The summed E-state index contributed by atoms with van der Waals surface area (Å²) >= 11 is 0. The molecule has 1 aromatic carbocycles. The fourth-order valence-corrected chi connectivity index (χ4v) is 3.45. The van der Waals surface area contributed by atoms with Crippen molar-refractivity contribution in [2.24, 2.45) is 5.92 Å². The molecule has 1 N–H and O–H groups in total. The molecule has 0 spiro atoms. The number of alkyl halides is 3. The minimum atomic E-state index is -4.20. The zero-order valence-corrected chi connectivity index (χ0v) is 13.3. The molecule has 2 aliphatic heterocycles. The van der Waals surface area contributed by atoms with Crippen LogP contribution in [0.25, 0.3) is 0 Å². The Morgan fingerprint density at radius 2 is 2.04 bits per heavy atom. The van der Waals surface area contributed by atoms with Crippen LogP contribution in [0.4, 0.5) is 18.9 Å². The first-order valence-corrected chi connectivity index (χ1v) is 8.06. The van der Waals surface area contributed by atoms with E-state index in [0.717, 1.165) is 5.56 Å². The smallest absolute Gasteiger partial charge is 0.336 e. The second kappa shape index (κ2) is 6.11. The Labute approximate surface area is 138 Å². The molecule has 0 aliphatic carbocycles. The summed E-state index contributed by atoms with van der Waals surface area (Å²) in [6.45, 7) is 1.77. The van der Waals surface area contributed by atoms with Crippen molar-refractivity contribution in [1.82, 2.24) is 4.90 Å². The van der Waals surface area contributed by atoms with Gasteiger partial charge in [-0.15, -0.1) is 0 Å². The lowest BCUT2D eigenvalue weighted by Crippen LogP contribution is -2.47. The predicted octanol–water partition coefficient (Wildman–Crippen LogP) is 3.37. The Morgan fingerprint density at radius 3 is 2.71 bits per heavy atom. The van der Waals surface area contributed by atoms with Crippen LogP contribution in [0.15, 0.2) is 18.2 Å². The molecule has 1 aromatic rings. The Morgan fingerprint density at radius 1 is 1.29 bits per heavy atom. The molecule has 0 aromatic heterocycles. The van der Waals surface area contributed by atoms with Gasteiger partial charge in [0.25, 0.3) is 5.91 Å². The number of hydrogen-bond donors (Lipinski definition) is 1. The van der Waals surface area contributed by atoms with Gasteiger partial charge in [0, 0.05) is 30.3 Å². The summed E-state index contributed by atoms with van der Waals surface area (Å²) in [6.07, 6.45) is -3.38. The van der Waals surface area contributed by atoms with E-state index >= 15 is 0 Å². The number of nitrogens with one attached hydrogen (secondary N) is 1. The monoisotopic (exact) mass is 340 g/mol. The number of rotatable bonds is 1. The van der Waals surface area contributed by atoms with Gasteiger partial charge in [0.15, 0.2) is 0 Å². The number of benzene rings is 1. The van der Waals surface area contributed by atoms with Gasteiger partial charge in [-0.1, -0.05) is 0 Å². The van der Waals surface area contributed by atoms with Crippen LogP contribution < -0.4 is 5.32 Å². The highest BCUT2D eigenvalue weighted by Gasteiger charge is 2.44. The molecule has 2 amide bonds. The van der Waals surface area contributed by atoms with Gasteiger partial charge < -0.3 is 10.2 Å². The second-order valence-electron chi connectivity index (χ2n) is 6.53. The summed E-state index contributed by atoms with van der Waals surface area (Å²) in [5.74, 6) is -1.64. The molecule has 2 atom stereocenters. The molecular formula is C17H19F3N2O2. The first-order valence-electron chi connectivity index (χ1n) is 8.06. The van der Waals surface area contributed by atoms with E-state index in [1.54, 1.807) is 25.1 Å². The van der Waals surface area contributed by atoms with E-state index in [1.807, 2.05) is 0 Å². The van der Waals surface area contributed by atoms with Gasteiger partial charge in [-0.25, -0.2) is 0 Å². The minimum absolute atomic E-state index is 0.0515. The molecule has 4 nitrogen and oxygen atoms in total. The van der Waals surface area contributed by atoms with Gasteiger partial charge in [-0.05, 0) is 49.9 Å². The highest BCUT2D eigenvalue weighted by Crippen LogP contribution is 2.37. The number of likely N-dealkylation sites (tertiary alicyclic amines) is 1. The topological polar surface area (TPSA) is 49.4 Å². The largest absolute Gasteiger partial charge is 0.391 e. The van der Waals surface area contributed by atoms with Crippen LogP contribution in [0.3, 0.4) is 0 Å². The minimum Gasteiger partial charge on any atom is -0.336 e.